The van der Waals surface area contributed by atoms with Gasteiger partial charge in [0.2, 0.25) is 5.91 Å². The molecule has 0 atom stereocenters. The first kappa shape index (κ1) is 11.8. The van der Waals surface area contributed by atoms with E-state index in [1.54, 1.807) is 0 Å². The molecular formula is C8H10F3NO3. The van der Waals surface area contributed by atoms with Crippen molar-refractivity contribution in [2.24, 2.45) is 0 Å². The summed E-state index contributed by atoms with van der Waals surface area (Å²) >= 11 is 0. The van der Waals surface area contributed by atoms with Crippen molar-refractivity contribution in [2.45, 2.75) is 37.4 Å². The number of nitrogens with one attached hydrogen (secondary N) is 1. The number of carbonyl (C=O) groups is 2. The van der Waals surface area contributed by atoms with Gasteiger partial charge in [-0.05, 0) is 12.8 Å². The van der Waals surface area contributed by atoms with Crippen molar-refractivity contribution >= 4 is 11.9 Å². The molecular weight excluding hydrogens is 215 g/mol. The molecule has 0 aromatic carbocycles. The number of carboxylic acids is 1. The van der Waals surface area contributed by atoms with E-state index in [4.69, 9.17) is 5.11 Å². The first-order valence-electron chi connectivity index (χ1n) is 4.36. The minimum absolute atomic E-state index is 0.278. The Kier molecular flexibility index (Phi) is 2.92. The lowest BCUT2D eigenvalue weighted by molar-refractivity contribution is -0.147. The van der Waals surface area contributed by atoms with E-state index in [1.807, 2.05) is 0 Å². The highest BCUT2D eigenvalue weighted by Gasteiger charge is 2.51. The normalized spacial score (nSPS) is 18.3. The Hall–Kier alpha value is -1.27. The highest BCUT2D eigenvalue weighted by atomic mass is 19.4. The number of rotatable bonds is 4. The molecule has 2 N–H and O–H groups in total. The number of hydrogen-bond donors (Lipinski definition) is 2. The summed E-state index contributed by atoms with van der Waals surface area (Å²) in [4.78, 5) is 21.6. The van der Waals surface area contributed by atoms with Crippen molar-refractivity contribution in [3.8, 4) is 0 Å². The van der Waals surface area contributed by atoms with E-state index in [0.29, 0.717) is 0 Å². The number of halogens is 3. The van der Waals surface area contributed by atoms with Crippen LogP contribution in [-0.2, 0) is 9.59 Å². The molecule has 0 heterocycles. The lowest BCUT2D eigenvalue weighted by Gasteiger charge is -2.12. The maximum absolute atomic E-state index is 11.7. The van der Waals surface area contributed by atoms with E-state index < -0.39 is 36.4 Å². The third kappa shape index (κ3) is 3.41. The molecule has 0 radical (unpaired) electrons. The number of alkyl halides is 3. The number of aliphatic carboxylic acids is 1. The highest BCUT2D eigenvalue weighted by Crippen LogP contribution is 2.35. The van der Waals surface area contributed by atoms with Gasteiger partial charge < -0.3 is 10.4 Å². The van der Waals surface area contributed by atoms with Crippen LogP contribution >= 0.6 is 0 Å². The zero-order valence-corrected chi connectivity index (χ0v) is 7.73. The van der Waals surface area contributed by atoms with Gasteiger partial charge in [-0.25, -0.2) is 4.79 Å². The van der Waals surface area contributed by atoms with Gasteiger partial charge in [-0.3, -0.25) is 4.79 Å². The Balaban J connectivity index is 2.34. The van der Waals surface area contributed by atoms with E-state index in [9.17, 15) is 22.8 Å². The fourth-order valence-electron chi connectivity index (χ4n) is 1.10. The van der Waals surface area contributed by atoms with Gasteiger partial charge in [0, 0.05) is 6.42 Å². The molecule has 0 aromatic heterocycles. The Labute approximate surface area is 83.5 Å². The third-order valence-electron chi connectivity index (χ3n) is 2.17. The Morgan fingerprint density at radius 3 is 2.20 bits per heavy atom. The second-order valence-corrected chi connectivity index (χ2v) is 3.55. The second-order valence-electron chi connectivity index (χ2n) is 3.55. The number of hydrogen-bond acceptors (Lipinski definition) is 2. The standard InChI is InChI=1S/C8H10F3NO3/c9-8(10,11)2-1-5(13)12-7(3-4-7)6(14)15/h1-4H2,(H,12,13)(H,14,15). The molecule has 4 nitrogen and oxygen atoms in total. The van der Waals surface area contributed by atoms with Crippen LogP contribution in [-0.4, -0.2) is 28.7 Å². The quantitative estimate of drug-likeness (QED) is 0.751. The van der Waals surface area contributed by atoms with Gasteiger partial charge in [0.15, 0.2) is 0 Å². The van der Waals surface area contributed by atoms with Crippen LogP contribution in [0.15, 0.2) is 0 Å². The molecule has 0 aromatic rings. The molecule has 0 bridgehead atoms. The summed E-state index contributed by atoms with van der Waals surface area (Å²) in [6.45, 7) is 0. The van der Waals surface area contributed by atoms with Gasteiger partial charge in [0.25, 0.3) is 0 Å². The molecule has 1 saturated carbocycles. The van der Waals surface area contributed by atoms with E-state index >= 15 is 0 Å². The lowest BCUT2D eigenvalue weighted by atomic mass is 10.2. The minimum atomic E-state index is -4.39. The van der Waals surface area contributed by atoms with Crippen LogP contribution in [0.5, 0.6) is 0 Å². The van der Waals surface area contributed by atoms with E-state index in [2.05, 4.69) is 5.32 Å². The summed E-state index contributed by atoms with van der Waals surface area (Å²) in [5, 5.41) is 10.7. The maximum Gasteiger partial charge on any atom is 0.389 e. The van der Waals surface area contributed by atoms with Gasteiger partial charge in [-0.2, -0.15) is 13.2 Å². The van der Waals surface area contributed by atoms with Crippen LogP contribution in [0, 0.1) is 0 Å². The molecule has 0 aliphatic heterocycles. The fraction of sp³-hybridized carbons (Fsp3) is 0.750. The van der Waals surface area contributed by atoms with Crippen molar-refractivity contribution in [1.82, 2.24) is 5.32 Å². The van der Waals surface area contributed by atoms with E-state index in [-0.39, 0.29) is 12.8 Å². The summed E-state index contributed by atoms with van der Waals surface area (Å²) in [5.74, 6) is -2.06. The molecule has 0 spiro atoms. The molecule has 7 heteroatoms. The predicted octanol–water partition coefficient (Wildman–Crippen LogP) is 1.06. The second kappa shape index (κ2) is 3.71. The largest absolute Gasteiger partial charge is 0.480 e. The number of carboxylic acid groups (broad SMARTS) is 1. The average Bonchev–Trinajstić information content (AvgIpc) is 2.81. The van der Waals surface area contributed by atoms with Crippen LogP contribution in [0.1, 0.15) is 25.7 Å². The van der Waals surface area contributed by atoms with E-state index in [1.165, 1.54) is 0 Å². The summed E-state index contributed by atoms with van der Waals surface area (Å²) in [6.07, 6.45) is -5.79. The number of amides is 1. The number of carbonyl (C=O) groups excluding carboxylic acids is 1. The van der Waals surface area contributed by atoms with Gasteiger partial charge >= 0.3 is 12.1 Å². The monoisotopic (exact) mass is 225 g/mol. The summed E-state index contributed by atoms with van der Waals surface area (Å²) in [7, 11) is 0. The van der Waals surface area contributed by atoms with Crippen LogP contribution in [0.3, 0.4) is 0 Å². The van der Waals surface area contributed by atoms with Crippen molar-refractivity contribution in [3.63, 3.8) is 0 Å². The molecule has 1 rings (SSSR count). The minimum Gasteiger partial charge on any atom is -0.480 e. The molecule has 0 saturated heterocycles. The molecule has 1 aliphatic rings. The Morgan fingerprint density at radius 2 is 1.87 bits per heavy atom. The SMILES string of the molecule is O=C(CCC(F)(F)F)NC1(C(=O)O)CC1. The fourth-order valence-corrected chi connectivity index (χ4v) is 1.10. The third-order valence-corrected chi connectivity index (χ3v) is 2.17. The zero-order valence-electron chi connectivity index (χ0n) is 7.73. The smallest absolute Gasteiger partial charge is 0.389 e. The van der Waals surface area contributed by atoms with Gasteiger partial charge in [0.1, 0.15) is 5.54 Å². The summed E-state index contributed by atoms with van der Waals surface area (Å²) < 4.78 is 35.2. The summed E-state index contributed by atoms with van der Waals surface area (Å²) in [5.41, 5.74) is -1.30. The van der Waals surface area contributed by atoms with Crippen LogP contribution in [0.25, 0.3) is 0 Å². The van der Waals surface area contributed by atoms with Crippen molar-refractivity contribution < 1.29 is 27.9 Å². The lowest BCUT2D eigenvalue weighted by Crippen LogP contribution is -2.43. The Morgan fingerprint density at radius 1 is 1.33 bits per heavy atom. The molecule has 1 amide bonds. The van der Waals surface area contributed by atoms with Gasteiger partial charge in [-0.15, -0.1) is 0 Å². The molecule has 1 fully saturated rings. The van der Waals surface area contributed by atoms with Crippen molar-refractivity contribution in [3.05, 3.63) is 0 Å². The molecule has 15 heavy (non-hydrogen) atoms. The highest BCUT2D eigenvalue weighted by molar-refractivity contribution is 5.89. The van der Waals surface area contributed by atoms with Crippen LogP contribution < -0.4 is 5.32 Å². The summed E-state index contributed by atoms with van der Waals surface area (Å²) in [6, 6.07) is 0. The predicted molar refractivity (Wildman–Crippen MR) is 43.0 cm³/mol. The maximum atomic E-state index is 11.7. The van der Waals surface area contributed by atoms with Crippen molar-refractivity contribution in [2.75, 3.05) is 0 Å². The van der Waals surface area contributed by atoms with Gasteiger partial charge in [-0.1, -0.05) is 0 Å². The molecule has 86 valence electrons. The topological polar surface area (TPSA) is 66.4 Å². The molecule has 0 unspecified atom stereocenters. The Bertz CT molecular complexity index is 283. The first-order valence-corrected chi connectivity index (χ1v) is 4.36. The zero-order chi connectivity index (χ0) is 11.7. The first-order chi connectivity index (χ1) is 6.75. The molecule has 1 aliphatic carbocycles. The van der Waals surface area contributed by atoms with E-state index in [0.717, 1.165) is 0 Å². The van der Waals surface area contributed by atoms with Crippen LogP contribution in [0.4, 0.5) is 13.2 Å². The van der Waals surface area contributed by atoms with Crippen LogP contribution in [0.2, 0.25) is 0 Å². The average molecular weight is 225 g/mol. The van der Waals surface area contributed by atoms with Gasteiger partial charge in [0.05, 0.1) is 6.42 Å². The van der Waals surface area contributed by atoms with Crippen molar-refractivity contribution in [1.29, 1.82) is 0 Å².